The Kier molecular flexibility index (Phi) is 4.94. The molecule has 1 saturated heterocycles. The summed E-state index contributed by atoms with van der Waals surface area (Å²) < 4.78 is 0. The summed E-state index contributed by atoms with van der Waals surface area (Å²) in [4.78, 5) is 19.2. The average Bonchev–Trinajstić information content (AvgIpc) is 2.74. The van der Waals surface area contributed by atoms with Crippen molar-refractivity contribution in [1.82, 2.24) is 4.98 Å². The molecule has 1 aromatic heterocycles. The second kappa shape index (κ2) is 7.69. The Morgan fingerprint density at radius 2 is 1.86 bits per heavy atom. The summed E-state index contributed by atoms with van der Waals surface area (Å²) in [5.74, 6) is 0.0554. The van der Waals surface area contributed by atoms with Gasteiger partial charge >= 0.3 is 0 Å². The number of aryl methyl sites for hydroxylation is 1. The number of pyridine rings is 1. The predicted molar refractivity (Wildman–Crippen MR) is 111 cm³/mol. The maximum absolute atomic E-state index is 12.6. The summed E-state index contributed by atoms with van der Waals surface area (Å²) in [6, 6.07) is 18.0. The molecule has 0 saturated carbocycles. The number of benzene rings is 2. The SMILES string of the molecule is Cc1ccc(NC(=O)C2CCN(c3c(C#N)cnc4ccccc34)CC2)cc1. The molecule has 0 spiro atoms. The summed E-state index contributed by atoms with van der Waals surface area (Å²) in [5.41, 5.74) is 4.41. The molecular formula is C23H22N4O. The lowest BCUT2D eigenvalue weighted by molar-refractivity contribution is -0.120. The van der Waals surface area contributed by atoms with Crippen LogP contribution in [0.4, 0.5) is 11.4 Å². The topological polar surface area (TPSA) is 69.0 Å². The first-order chi connectivity index (χ1) is 13.7. The number of nitriles is 1. The van der Waals surface area contributed by atoms with E-state index in [2.05, 4.69) is 21.3 Å². The third-order valence-corrected chi connectivity index (χ3v) is 5.37. The normalized spacial score (nSPS) is 14.6. The van der Waals surface area contributed by atoms with Crippen molar-refractivity contribution in [1.29, 1.82) is 5.26 Å². The van der Waals surface area contributed by atoms with E-state index in [0.29, 0.717) is 5.56 Å². The zero-order valence-corrected chi connectivity index (χ0v) is 15.9. The first-order valence-corrected chi connectivity index (χ1v) is 9.56. The standard InChI is InChI=1S/C23H22N4O/c1-16-6-8-19(9-7-16)26-23(28)17-10-12-27(13-11-17)22-18(14-24)15-25-21-5-3-2-4-20(21)22/h2-9,15,17H,10-13H2,1H3,(H,26,28). The minimum atomic E-state index is -0.0174. The number of hydrogen-bond donors (Lipinski definition) is 1. The molecule has 1 N–H and O–H groups in total. The average molecular weight is 370 g/mol. The maximum atomic E-state index is 12.6. The number of carbonyl (C=O) groups is 1. The van der Waals surface area contributed by atoms with Gasteiger partial charge in [-0.2, -0.15) is 5.26 Å². The quantitative estimate of drug-likeness (QED) is 0.747. The zero-order chi connectivity index (χ0) is 19.5. The Balaban J connectivity index is 1.49. The van der Waals surface area contributed by atoms with Gasteiger partial charge in [-0.1, -0.05) is 35.9 Å². The fourth-order valence-electron chi connectivity index (χ4n) is 3.80. The van der Waals surface area contributed by atoms with E-state index in [0.717, 1.165) is 48.2 Å². The van der Waals surface area contributed by atoms with Gasteiger partial charge in [-0.3, -0.25) is 9.78 Å². The molecule has 0 unspecified atom stereocenters. The van der Waals surface area contributed by atoms with Gasteiger partial charge in [-0.25, -0.2) is 0 Å². The largest absolute Gasteiger partial charge is 0.370 e. The van der Waals surface area contributed by atoms with Crippen molar-refractivity contribution in [2.75, 3.05) is 23.3 Å². The highest BCUT2D eigenvalue weighted by atomic mass is 16.1. The van der Waals surface area contributed by atoms with Gasteiger partial charge in [0.05, 0.1) is 16.8 Å². The molecule has 3 aromatic rings. The second-order valence-corrected chi connectivity index (χ2v) is 7.27. The number of fused-ring (bicyclic) bond motifs is 1. The number of amides is 1. The van der Waals surface area contributed by atoms with E-state index < -0.39 is 0 Å². The molecule has 0 bridgehead atoms. The van der Waals surface area contributed by atoms with Crippen LogP contribution in [0.3, 0.4) is 0 Å². The molecule has 1 aliphatic rings. The third-order valence-electron chi connectivity index (χ3n) is 5.37. The highest BCUT2D eigenvalue weighted by molar-refractivity contribution is 5.95. The zero-order valence-electron chi connectivity index (χ0n) is 15.9. The monoisotopic (exact) mass is 370 g/mol. The van der Waals surface area contributed by atoms with Crippen LogP contribution in [0.5, 0.6) is 0 Å². The Hall–Kier alpha value is -3.39. The summed E-state index contributed by atoms with van der Waals surface area (Å²) in [7, 11) is 0. The van der Waals surface area contributed by atoms with Crippen LogP contribution in [-0.2, 0) is 4.79 Å². The Bertz CT molecular complexity index is 1040. The minimum Gasteiger partial charge on any atom is -0.370 e. The molecule has 1 aliphatic heterocycles. The minimum absolute atomic E-state index is 0.0174. The lowest BCUT2D eigenvalue weighted by atomic mass is 9.94. The first-order valence-electron chi connectivity index (χ1n) is 9.56. The summed E-state index contributed by atoms with van der Waals surface area (Å²) in [6.07, 6.45) is 3.17. The number of hydrogen-bond acceptors (Lipinski definition) is 4. The van der Waals surface area contributed by atoms with Gasteiger partial charge < -0.3 is 10.2 Å². The Labute approximate surface area is 164 Å². The maximum Gasteiger partial charge on any atom is 0.227 e. The van der Waals surface area contributed by atoms with Crippen LogP contribution in [0.1, 0.15) is 24.0 Å². The van der Waals surface area contributed by atoms with Gasteiger partial charge in [-0.15, -0.1) is 0 Å². The molecule has 4 rings (SSSR count). The Morgan fingerprint density at radius 3 is 2.57 bits per heavy atom. The fourth-order valence-corrected chi connectivity index (χ4v) is 3.80. The molecule has 2 aromatic carbocycles. The summed E-state index contributed by atoms with van der Waals surface area (Å²) in [6.45, 7) is 3.52. The summed E-state index contributed by atoms with van der Waals surface area (Å²) >= 11 is 0. The number of piperidine rings is 1. The molecule has 5 heteroatoms. The summed E-state index contributed by atoms with van der Waals surface area (Å²) in [5, 5.41) is 13.6. The number of nitrogens with zero attached hydrogens (tertiary/aromatic N) is 3. The van der Waals surface area contributed by atoms with Gasteiger partial charge in [0.1, 0.15) is 6.07 Å². The molecule has 0 radical (unpaired) electrons. The number of nitrogens with one attached hydrogen (secondary N) is 1. The third kappa shape index (κ3) is 3.54. The van der Waals surface area contributed by atoms with E-state index in [1.54, 1.807) is 6.20 Å². The van der Waals surface area contributed by atoms with Gasteiger partial charge in [0.25, 0.3) is 0 Å². The van der Waals surface area contributed by atoms with Crippen molar-refractivity contribution in [3.05, 3.63) is 65.9 Å². The molecule has 1 fully saturated rings. The van der Waals surface area contributed by atoms with Crippen LogP contribution < -0.4 is 10.2 Å². The highest BCUT2D eigenvalue weighted by Gasteiger charge is 2.27. The molecule has 0 atom stereocenters. The van der Waals surface area contributed by atoms with Crippen LogP contribution in [0.15, 0.2) is 54.7 Å². The number of anilines is 2. The van der Waals surface area contributed by atoms with Crippen molar-refractivity contribution in [3.8, 4) is 6.07 Å². The molecule has 140 valence electrons. The van der Waals surface area contributed by atoms with Gasteiger partial charge in [0.2, 0.25) is 5.91 Å². The molecule has 5 nitrogen and oxygen atoms in total. The van der Waals surface area contributed by atoms with Crippen molar-refractivity contribution in [2.45, 2.75) is 19.8 Å². The molecular weight excluding hydrogens is 348 g/mol. The van der Waals surface area contributed by atoms with E-state index in [4.69, 9.17) is 0 Å². The molecule has 2 heterocycles. The van der Waals surface area contributed by atoms with Crippen LogP contribution >= 0.6 is 0 Å². The fraction of sp³-hybridized carbons (Fsp3) is 0.261. The predicted octanol–water partition coefficient (Wildman–Crippen LogP) is 4.27. The second-order valence-electron chi connectivity index (χ2n) is 7.27. The molecule has 0 aliphatic carbocycles. The smallest absolute Gasteiger partial charge is 0.227 e. The van der Waals surface area contributed by atoms with E-state index in [1.807, 2.05) is 55.5 Å². The van der Waals surface area contributed by atoms with Gasteiger partial charge in [-0.05, 0) is 38.0 Å². The lowest BCUT2D eigenvalue weighted by Gasteiger charge is -2.34. The number of para-hydroxylation sites is 1. The van der Waals surface area contributed by atoms with Crippen LogP contribution in [0.25, 0.3) is 10.9 Å². The molecule has 1 amide bonds. The highest BCUT2D eigenvalue weighted by Crippen LogP contribution is 2.32. The van der Waals surface area contributed by atoms with Crippen molar-refractivity contribution in [2.24, 2.45) is 5.92 Å². The molecule has 28 heavy (non-hydrogen) atoms. The van der Waals surface area contributed by atoms with E-state index in [9.17, 15) is 10.1 Å². The number of carbonyl (C=O) groups excluding carboxylic acids is 1. The van der Waals surface area contributed by atoms with Crippen LogP contribution in [0.2, 0.25) is 0 Å². The van der Waals surface area contributed by atoms with E-state index in [1.165, 1.54) is 5.56 Å². The van der Waals surface area contributed by atoms with Crippen molar-refractivity contribution in [3.63, 3.8) is 0 Å². The van der Waals surface area contributed by atoms with Crippen LogP contribution in [-0.4, -0.2) is 24.0 Å². The lowest BCUT2D eigenvalue weighted by Crippen LogP contribution is -2.38. The Morgan fingerprint density at radius 1 is 1.14 bits per heavy atom. The van der Waals surface area contributed by atoms with E-state index >= 15 is 0 Å². The van der Waals surface area contributed by atoms with Crippen molar-refractivity contribution < 1.29 is 4.79 Å². The van der Waals surface area contributed by atoms with Gasteiger partial charge in [0, 0.05) is 36.3 Å². The van der Waals surface area contributed by atoms with Crippen LogP contribution in [0, 0.1) is 24.2 Å². The first kappa shape index (κ1) is 18.0. The number of aromatic nitrogens is 1. The van der Waals surface area contributed by atoms with E-state index in [-0.39, 0.29) is 11.8 Å². The number of rotatable bonds is 3. The van der Waals surface area contributed by atoms with Gasteiger partial charge in [0.15, 0.2) is 0 Å². The van der Waals surface area contributed by atoms with Crippen molar-refractivity contribution >= 4 is 28.2 Å².